The van der Waals surface area contributed by atoms with Gasteiger partial charge in [0.2, 0.25) is 0 Å². The summed E-state index contributed by atoms with van der Waals surface area (Å²) in [5, 5.41) is 0. The first-order valence-electron chi connectivity index (χ1n) is 4.92. The topological polar surface area (TPSA) is 26.0 Å². The Morgan fingerprint density at radius 1 is 0.938 bits per heavy atom. The van der Waals surface area contributed by atoms with E-state index in [9.17, 15) is 0 Å². The molecule has 2 nitrogen and oxygen atoms in total. The molecule has 0 bridgehead atoms. The van der Waals surface area contributed by atoms with E-state index in [-0.39, 0.29) is 0 Å². The van der Waals surface area contributed by atoms with Crippen molar-refractivity contribution in [2.75, 3.05) is 0 Å². The molecule has 0 N–H and O–H groups in total. The van der Waals surface area contributed by atoms with Crippen LogP contribution in [0.4, 0.5) is 0 Å². The molecule has 1 heterocycles. The van der Waals surface area contributed by atoms with Crippen molar-refractivity contribution in [3.63, 3.8) is 0 Å². The Balaban J connectivity index is 2.14. The second kappa shape index (κ2) is 3.76. The van der Waals surface area contributed by atoms with Gasteiger partial charge in [-0.05, 0) is 35.4 Å². The molecule has 0 spiro atoms. The van der Waals surface area contributed by atoms with Crippen LogP contribution in [0.15, 0.2) is 57.7 Å². The smallest absolute Gasteiger partial charge is 0.181 e. The summed E-state index contributed by atoms with van der Waals surface area (Å²) in [5.74, 6) is 0. The first-order valence-corrected chi connectivity index (χ1v) is 5.71. The van der Waals surface area contributed by atoms with Crippen LogP contribution in [0.3, 0.4) is 0 Å². The summed E-state index contributed by atoms with van der Waals surface area (Å²) in [7, 11) is 0. The maximum atomic E-state index is 5.21. The number of halogens is 1. The molecule has 3 heteroatoms. The summed E-state index contributed by atoms with van der Waals surface area (Å²) in [6.45, 7) is 0. The van der Waals surface area contributed by atoms with Crippen molar-refractivity contribution in [3.05, 3.63) is 53.3 Å². The number of hydrogen-bond acceptors (Lipinski definition) is 2. The maximum Gasteiger partial charge on any atom is 0.181 e. The minimum absolute atomic E-state index is 0.820. The molecule has 0 fully saturated rings. The van der Waals surface area contributed by atoms with Crippen molar-refractivity contribution in [3.8, 4) is 11.1 Å². The molecular formula is C13H8BrNO. The number of nitrogens with zero attached hydrogens (tertiary/aromatic N) is 1. The minimum Gasteiger partial charge on any atom is -0.443 e. The lowest BCUT2D eigenvalue weighted by Crippen LogP contribution is -1.77. The minimum atomic E-state index is 0.820. The number of hydrogen-bond donors (Lipinski definition) is 0. The lowest BCUT2D eigenvalue weighted by molar-refractivity contribution is 0.602. The first-order chi connectivity index (χ1) is 7.83. The van der Waals surface area contributed by atoms with Gasteiger partial charge in [0, 0.05) is 4.47 Å². The van der Waals surface area contributed by atoms with E-state index in [0.29, 0.717) is 0 Å². The molecule has 0 atom stereocenters. The molecular weight excluding hydrogens is 266 g/mol. The first kappa shape index (κ1) is 9.60. The van der Waals surface area contributed by atoms with Crippen molar-refractivity contribution >= 4 is 27.0 Å². The predicted octanol–water partition coefficient (Wildman–Crippen LogP) is 4.26. The predicted molar refractivity (Wildman–Crippen MR) is 67.1 cm³/mol. The average molecular weight is 274 g/mol. The van der Waals surface area contributed by atoms with Crippen LogP contribution in [0, 0.1) is 0 Å². The monoisotopic (exact) mass is 273 g/mol. The summed E-state index contributed by atoms with van der Waals surface area (Å²) in [6, 6.07) is 14.2. The van der Waals surface area contributed by atoms with Crippen LogP contribution in [-0.4, -0.2) is 4.98 Å². The lowest BCUT2D eigenvalue weighted by atomic mass is 10.1. The molecule has 0 saturated heterocycles. The van der Waals surface area contributed by atoms with Gasteiger partial charge in [-0.3, -0.25) is 0 Å². The molecule has 0 aliphatic carbocycles. The van der Waals surface area contributed by atoms with Gasteiger partial charge in [-0.1, -0.05) is 34.1 Å². The molecule has 16 heavy (non-hydrogen) atoms. The highest BCUT2D eigenvalue weighted by Gasteiger charge is 2.02. The van der Waals surface area contributed by atoms with E-state index in [0.717, 1.165) is 21.1 Å². The number of fused-ring (bicyclic) bond motifs is 1. The van der Waals surface area contributed by atoms with Crippen molar-refractivity contribution in [1.82, 2.24) is 4.98 Å². The molecule has 0 radical (unpaired) electrons. The summed E-state index contributed by atoms with van der Waals surface area (Å²) in [6.07, 6.45) is 1.47. The number of aromatic nitrogens is 1. The molecule has 3 rings (SSSR count). The third-order valence-electron chi connectivity index (χ3n) is 2.51. The van der Waals surface area contributed by atoms with E-state index in [1.54, 1.807) is 0 Å². The van der Waals surface area contributed by atoms with Gasteiger partial charge in [-0.2, -0.15) is 0 Å². The Morgan fingerprint density at radius 3 is 2.50 bits per heavy atom. The summed E-state index contributed by atoms with van der Waals surface area (Å²) in [5.41, 5.74) is 4.03. The second-order valence-corrected chi connectivity index (χ2v) is 4.46. The van der Waals surface area contributed by atoms with Crippen molar-refractivity contribution in [2.24, 2.45) is 0 Å². The Bertz CT molecular complexity index is 628. The Labute approximate surface area is 101 Å². The zero-order chi connectivity index (χ0) is 11.0. The highest BCUT2D eigenvalue weighted by Crippen LogP contribution is 2.24. The molecule has 0 unspecified atom stereocenters. The zero-order valence-corrected chi connectivity index (χ0v) is 9.94. The quantitative estimate of drug-likeness (QED) is 0.662. The fourth-order valence-electron chi connectivity index (χ4n) is 1.68. The van der Waals surface area contributed by atoms with E-state index in [2.05, 4.69) is 33.0 Å². The van der Waals surface area contributed by atoms with E-state index in [1.165, 1.54) is 12.0 Å². The van der Waals surface area contributed by atoms with Gasteiger partial charge in [-0.25, -0.2) is 4.98 Å². The summed E-state index contributed by atoms with van der Waals surface area (Å²) >= 11 is 3.42. The van der Waals surface area contributed by atoms with Gasteiger partial charge in [0.05, 0.1) is 0 Å². The number of benzene rings is 2. The molecule has 0 saturated carbocycles. The van der Waals surface area contributed by atoms with E-state index in [4.69, 9.17) is 4.42 Å². The Hall–Kier alpha value is -1.61. The summed E-state index contributed by atoms with van der Waals surface area (Å²) in [4.78, 5) is 4.15. The van der Waals surface area contributed by atoms with E-state index < -0.39 is 0 Å². The lowest BCUT2D eigenvalue weighted by Gasteiger charge is -2.01. The van der Waals surface area contributed by atoms with Crippen molar-refractivity contribution in [2.45, 2.75) is 0 Å². The normalized spacial score (nSPS) is 10.8. The molecule has 1 aromatic heterocycles. The highest BCUT2D eigenvalue weighted by molar-refractivity contribution is 9.10. The number of oxazole rings is 1. The molecule has 0 aliphatic heterocycles. The van der Waals surface area contributed by atoms with Crippen LogP contribution in [0.25, 0.3) is 22.2 Å². The van der Waals surface area contributed by atoms with Crippen LogP contribution >= 0.6 is 15.9 Å². The Morgan fingerprint density at radius 2 is 1.69 bits per heavy atom. The van der Waals surface area contributed by atoms with E-state index >= 15 is 0 Å². The molecule has 2 aromatic carbocycles. The highest BCUT2D eigenvalue weighted by atomic mass is 79.9. The van der Waals surface area contributed by atoms with Crippen LogP contribution in [-0.2, 0) is 0 Å². The summed E-state index contributed by atoms with van der Waals surface area (Å²) < 4.78 is 6.29. The van der Waals surface area contributed by atoms with Crippen molar-refractivity contribution in [1.29, 1.82) is 0 Å². The van der Waals surface area contributed by atoms with Crippen LogP contribution in [0.5, 0.6) is 0 Å². The number of rotatable bonds is 1. The fourth-order valence-corrected chi connectivity index (χ4v) is 1.94. The van der Waals surface area contributed by atoms with Crippen LogP contribution in [0.2, 0.25) is 0 Å². The Kier molecular flexibility index (Phi) is 2.26. The third kappa shape index (κ3) is 1.63. The molecule has 3 aromatic rings. The standard InChI is InChI=1S/C13H8BrNO/c14-11-4-1-9(2-5-11)10-3-6-13-12(7-10)15-8-16-13/h1-8H. The van der Waals surface area contributed by atoms with Gasteiger partial charge in [0.15, 0.2) is 12.0 Å². The largest absolute Gasteiger partial charge is 0.443 e. The van der Waals surface area contributed by atoms with Gasteiger partial charge in [-0.15, -0.1) is 0 Å². The van der Waals surface area contributed by atoms with Crippen LogP contribution < -0.4 is 0 Å². The van der Waals surface area contributed by atoms with Crippen molar-refractivity contribution < 1.29 is 4.42 Å². The van der Waals surface area contributed by atoms with Gasteiger partial charge < -0.3 is 4.42 Å². The molecule has 78 valence electrons. The van der Waals surface area contributed by atoms with Gasteiger partial charge in [0.25, 0.3) is 0 Å². The maximum absolute atomic E-state index is 5.21. The average Bonchev–Trinajstić information content (AvgIpc) is 2.77. The van der Waals surface area contributed by atoms with Gasteiger partial charge >= 0.3 is 0 Å². The van der Waals surface area contributed by atoms with Crippen LogP contribution in [0.1, 0.15) is 0 Å². The van der Waals surface area contributed by atoms with Gasteiger partial charge in [0.1, 0.15) is 5.52 Å². The SMILES string of the molecule is Brc1ccc(-c2ccc3ocnc3c2)cc1. The molecule has 0 aliphatic rings. The zero-order valence-electron chi connectivity index (χ0n) is 8.35. The van der Waals surface area contributed by atoms with E-state index in [1.807, 2.05) is 30.3 Å². The molecule has 0 amide bonds. The fraction of sp³-hybridized carbons (Fsp3) is 0. The second-order valence-electron chi connectivity index (χ2n) is 3.54. The third-order valence-corrected chi connectivity index (χ3v) is 3.04.